The van der Waals surface area contributed by atoms with Gasteiger partial charge in [-0.3, -0.25) is 9.91 Å². The van der Waals surface area contributed by atoms with Gasteiger partial charge in [-0.05, 0) is 55.7 Å². The summed E-state index contributed by atoms with van der Waals surface area (Å²) in [5.41, 5.74) is 9.70. The average Bonchev–Trinajstić information content (AvgIpc) is 2.49. The zero-order chi connectivity index (χ0) is 18.0. The molecule has 0 spiro atoms. The minimum atomic E-state index is -0.855. The predicted octanol–water partition coefficient (Wildman–Crippen LogP) is 1.41. The quantitative estimate of drug-likeness (QED) is 0.430. The highest BCUT2D eigenvalue weighted by molar-refractivity contribution is 7.80. The first-order chi connectivity index (χ1) is 11.2. The lowest BCUT2D eigenvalue weighted by molar-refractivity contribution is 0.0710. The fraction of sp³-hybridized carbons (Fsp3) is 0.500. The van der Waals surface area contributed by atoms with Crippen molar-refractivity contribution in [1.29, 1.82) is 0 Å². The van der Waals surface area contributed by atoms with Gasteiger partial charge in [0.2, 0.25) is 0 Å². The summed E-state index contributed by atoms with van der Waals surface area (Å²) in [6, 6.07) is 4.06. The van der Waals surface area contributed by atoms with Crippen LogP contribution in [0.1, 0.15) is 23.6 Å². The van der Waals surface area contributed by atoms with Crippen LogP contribution in [0.2, 0.25) is 0 Å². The molecular weight excluding hydrogens is 326 g/mol. The molecule has 1 atom stereocenters. The molecule has 7 nitrogen and oxygen atoms in total. The van der Waals surface area contributed by atoms with Crippen molar-refractivity contribution in [1.82, 2.24) is 9.80 Å². The van der Waals surface area contributed by atoms with Crippen LogP contribution in [-0.2, 0) is 6.54 Å². The third kappa shape index (κ3) is 3.95. The lowest BCUT2D eigenvalue weighted by Crippen LogP contribution is -2.53. The highest BCUT2D eigenvalue weighted by Crippen LogP contribution is 2.25. The van der Waals surface area contributed by atoms with Crippen LogP contribution in [0, 0.1) is 13.8 Å². The van der Waals surface area contributed by atoms with E-state index < -0.39 is 6.09 Å². The molecule has 1 amide bonds. The molecule has 5 N–H and O–H groups in total. The predicted molar refractivity (Wildman–Crippen MR) is 98.8 cm³/mol. The van der Waals surface area contributed by atoms with Gasteiger partial charge in [0.05, 0.1) is 5.69 Å². The Labute approximate surface area is 147 Å². The molecule has 1 aliphatic rings. The SMILES string of the molecule is Cc1cc(CN2CCN(C(=O)O)[C@@H](C)C2)c(C)c(N(N)C(N)=S)c1. The van der Waals surface area contributed by atoms with Gasteiger partial charge in [0, 0.05) is 32.2 Å². The smallest absolute Gasteiger partial charge is 0.407 e. The van der Waals surface area contributed by atoms with Gasteiger partial charge in [0.1, 0.15) is 0 Å². The van der Waals surface area contributed by atoms with E-state index in [4.69, 9.17) is 23.8 Å². The van der Waals surface area contributed by atoms with Crippen molar-refractivity contribution in [2.75, 3.05) is 24.6 Å². The zero-order valence-electron chi connectivity index (χ0n) is 14.3. The van der Waals surface area contributed by atoms with Crippen LogP contribution in [0.25, 0.3) is 0 Å². The maximum atomic E-state index is 11.2. The van der Waals surface area contributed by atoms with E-state index >= 15 is 0 Å². The van der Waals surface area contributed by atoms with Gasteiger partial charge < -0.3 is 15.7 Å². The van der Waals surface area contributed by atoms with Crippen molar-refractivity contribution in [3.8, 4) is 0 Å². The Morgan fingerprint density at radius 3 is 2.62 bits per heavy atom. The number of carboxylic acid groups (broad SMARTS) is 1. The summed E-state index contributed by atoms with van der Waals surface area (Å²) in [7, 11) is 0. The number of benzene rings is 1. The lowest BCUT2D eigenvalue weighted by atomic mass is 10.0. The number of thiocarbonyl (C=S) groups is 1. The van der Waals surface area contributed by atoms with Crippen LogP contribution in [0.5, 0.6) is 0 Å². The van der Waals surface area contributed by atoms with Gasteiger partial charge in [0.25, 0.3) is 0 Å². The maximum Gasteiger partial charge on any atom is 0.407 e. The van der Waals surface area contributed by atoms with Crippen molar-refractivity contribution in [2.45, 2.75) is 33.4 Å². The molecule has 1 fully saturated rings. The van der Waals surface area contributed by atoms with E-state index in [1.807, 2.05) is 26.8 Å². The number of rotatable bonds is 3. The second kappa shape index (κ2) is 7.33. The molecule has 1 heterocycles. The molecule has 1 aromatic carbocycles. The number of hydrogen-bond acceptors (Lipinski definition) is 4. The number of hydrazine groups is 1. The monoisotopic (exact) mass is 351 g/mol. The normalized spacial score (nSPS) is 18.5. The van der Waals surface area contributed by atoms with Gasteiger partial charge >= 0.3 is 6.09 Å². The largest absolute Gasteiger partial charge is 0.465 e. The number of piperazine rings is 1. The van der Waals surface area contributed by atoms with Gasteiger partial charge in [-0.2, -0.15) is 0 Å². The van der Waals surface area contributed by atoms with E-state index in [1.54, 1.807) is 0 Å². The second-order valence-corrected chi connectivity index (χ2v) is 6.75. The summed E-state index contributed by atoms with van der Waals surface area (Å²) in [5, 5.41) is 10.6. The number of aryl methyl sites for hydroxylation is 1. The fourth-order valence-electron chi connectivity index (χ4n) is 3.15. The Morgan fingerprint density at radius 1 is 1.42 bits per heavy atom. The Hall–Kier alpha value is -1.90. The van der Waals surface area contributed by atoms with Gasteiger partial charge in [-0.1, -0.05) is 6.07 Å². The summed E-state index contributed by atoms with van der Waals surface area (Å²) >= 11 is 4.97. The molecule has 0 radical (unpaired) electrons. The molecule has 0 aromatic heterocycles. The molecule has 0 aliphatic carbocycles. The average molecular weight is 351 g/mol. The van der Waals surface area contributed by atoms with E-state index in [-0.39, 0.29) is 11.2 Å². The highest BCUT2D eigenvalue weighted by atomic mass is 32.1. The topological polar surface area (TPSA) is 99.1 Å². The molecule has 0 unspecified atom stereocenters. The molecule has 132 valence electrons. The first-order valence-electron chi connectivity index (χ1n) is 7.87. The van der Waals surface area contributed by atoms with E-state index in [2.05, 4.69) is 11.0 Å². The van der Waals surface area contributed by atoms with Crippen molar-refractivity contribution in [3.05, 3.63) is 28.8 Å². The van der Waals surface area contributed by atoms with Crippen LogP contribution < -0.4 is 16.6 Å². The van der Waals surface area contributed by atoms with Crippen LogP contribution in [0.4, 0.5) is 10.5 Å². The van der Waals surface area contributed by atoms with E-state index in [9.17, 15) is 9.90 Å². The number of anilines is 1. The maximum absolute atomic E-state index is 11.2. The summed E-state index contributed by atoms with van der Waals surface area (Å²) < 4.78 is 0. The molecule has 1 saturated heterocycles. The third-order valence-electron chi connectivity index (χ3n) is 4.48. The standard InChI is InChI=1S/C16H25N5O2S/c1-10-6-13(12(3)14(7-10)21(18)15(17)24)9-19-4-5-20(16(22)23)11(2)8-19/h6-7,11H,4-5,8-9,18H2,1-3H3,(H2,17,24)(H,22,23)/t11-/m0/s1. The number of nitrogens with two attached hydrogens (primary N) is 2. The molecule has 2 rings (SSSR count). The van der Waals surface area contributed by atoms with Crippen molar-refractivity contribution < 1.29 is 9.90 Å². The summed E-state index contributed by atoms with van der Waals surface area (Å²) in [6.07, 6.45) is -0.855. The molecule has 0 bridgehead atoms. The summed E-state index contributed by atoms with van der Waals surface area (Å²) in [4.78, 5) is 14.9. The van der Waals surface area contributed by atoms with Crippen molar-refractivity contribution in [2.24, 2.45) is 11.6 Å². The number of nitrogens with zero attached hydrogens (tertiary/aromatic N) is 3. The number of carbonyl (C=O) groups is 1. The second-order valence-electron chi connectivity index (χ2n) is 6.34. The van der Waals surface area contributed by atoms with Crippen molar-refractivity contribution >= 4 is 29.1 Å². The molecule has 1 aromatic rings. The first-order valence-corrected chi connectivity index (χ1v) is 8.27. The summed E-state index contributed by atoms with van der Waals surface area (Å²) in [6.45, 7) is 8.61. The molecular formula is C16H25N5O2S. The third-order valence-corrected chi connectivity index (χ3v) is 4.68. The Balaban J connectivity index is 2.19. The Morgan fingerprint density at radius 2 is 2.08 bits per heavy atom. The Bertz CT molecular complexity index is 652. The Kier molecular flexibility index (Phi) is 5.63. The van der Waals surface area contributed by atoms with E-state index in [1.165, 1.54) is 9.91 Å². The lowest BCUT2D eigenvalue weighted by Gasteiger charge is -2.38. The highest BCUT2D eigenvalue weighted by Gasteiger charge is 2.27. The minimum Gasteiger partial charge on any atom is -0.465 e. The molecule has 8 heteroatoms. The molecule has 1 aliphatic heterocycles. The van der Waals surface area contributed by atoms with E-state index in [0.717, 1.165) is 28.9 Å². The van der Waals surface area contributed by atoms with Crippen LogP contribution in [0.15, 0.2) is 12.1 Å². The minimum absolute atomic E-state index is 0.0246. The van der Waals surface area contributed by atoms with Gasteiger partial charge in [0.15, 0.2) is 5.11 Å². The van der Waals surface area contributed by atoms with Crippen molar-refractivity contribution in [3.63, 3.8) is 0 Å². The first kappa shape index (κ1) is 18.4. The molecule has 24 heavy (non-hydrogen) atoms. The van der Waals surface area contributed by atoms with Gasteiger partial charge in [-0.25, -0.2) is 10.6 Å². The van der Waals surface area contributed by atoms with Crippen LogP contribution in [0.3, 0.4) is 0 Å². The van der Waals surface area contributed by atoms with Crippen LogP contribution in [-0.4, -0.2) is 51.8 Å². The summed E-state index contributed by atoms with van der Waals surface area (Å²) in [5.74, 6) is 5.96. The number of hydrogen-bond donors (Lipinski definition) is 3. The zero-order valence-corrected chi connectivity index (χ0v) is 15.1. The number of amides is 1. The van der Waals surface area contributed by atoms with Gasteiger partial charge in [-0.15, -0.1) is 0 Å². The fourth-order valence-corrected chi connectivity index (χ4v) is 3.25. The van der Waals surface area contributed by atoms with E-state index in [0.29, 0.717) is 19.6 Å². The molecule has 0 saturated carbocycles. The van der Waals surface area contributed by atoms with Crippen LogP contribution >= 0.6 is 12.2 Å².